The highest BCUT2D eigenvalue weighted by molar-refractivity contribution is 5.94. The molecule has 0 spiro atoms. The average Bonchev–Trinajstić information content (AvgIpc) is 2.40. The first-order valence-corrected chi connectivity index (χ1v) is 6.53. The van der Waals surface area contributed by atoms with E-state index in [-0.39, 0.29) is 12.1 Å². The van der Waals surface area contributed by atoms with Gasteiger partial charge < -0.3 is 4.74 Å². The highest BCUT2D eigenvalue weighted by Gasteiger charge is 2.31. The van der Waals surface area contributed by atoms with Crippen LogP contribution >= 0.6 is 0 Å². The van der Waals surface area contributed by atoms with Crippen LogP contribution in [0.5, 0.6) is 0 Å². The summed E-state index contributed by atoms with van der Waals surface area (Å²) < 4.78 is 5.19. The van der Waals surface area contributed by atoms with Crippen LogP contribution in [0.3, 0.4) is 0 Å². The number of nitrogens with zero attached hydrogens (tertiary/aromatic N) is 1. The van der Waals surface area contributed by atoms with Crippen LogP contribution in [0, 0.1) is 0 Å². The van der Waals surface area contributed by atoms with Crippen molar-refractivity contribution in [3.63, 3.8) is 0 Å². The van der Waals surface area contributed by atoms with E-state index >= 15 is 0 Å². The maximum Gasteiger partial charge on any atom is 0.414 e. The molecule has 1 aromatic carbocycles. The Morgan fingerprint density at radius 3 is 2.89 bits per heavy atom. The van der Waals surface area contributed by atoms with E-state index in [1.54, 1.807) is 4.90 Å². The second-order valence-corrected chi connectivity index (χ2v) is 4.56. The van der Waals surface area contributed by atoms with Crippen molar-refractivity contribution in [2.45, 2.75) is 26.3 Å². The number of hydrogen-bond acceptors (Lipinski definition) is 2. The molecular weight excluding hydrogens is 238 g/mol. The summed E-state index contributed by atoms with van der Waals surface area (Å²) in [5, 5.41) is 0. The Labute approximate surface area is 114 Å². The summed E-state index contributed by atoms with van der Waals surface area (Å²) in [6, 6.07) is 7.86. The minimum atomic E-state index is -0.297. The Morgan fingerprint density at radius 2 is 2.21 bits per heavy atom. The molecule has 1 atom stereocenters. The molecule has 1 unspecified atom stereocenters. The fourth-order valence-electron chi connectivity index (χ4n) is 2.41. The molecule has 19 heavy (non-hydrogen) atoms. The van der Waals surface area contributed by atoms with Crippen molar-refractivity contribution in [1.29, 1.82) is 0 Å². The van der Waals surface area contributed by atoms with E-state index in [1.807, 2.05) is 44.2 Å². The van der Waals surface area contributed by atoms with Crippen LogP contribution in [0.15, 0.2) is 42.5 Å². The number of carbonyl (C=O) groups excluding carboxylic acids is 1. The van der Waals surface area contributed by atoms with E-state index in [9.17, 15) is 4.79 Å². The molecule has 0 saturated carbocycles. The first kappa shape index (κ1) is 13.4. The van der Waals surface area contributed by atoms with Crippen LogP contribution < -0.4 is 4.90 Å². The van der Waals surface area contributed by atoms with E-state index in [2.05, 4.69) is 12.7 Å². The average molecular weight is 257 g/mol. The molecular formula is C16H19NO2. The largest absolute Gasteiger partial charge is 0.449 e. The monoisotopic (exact) mass is 257 g/mol. The fourth-order valence-corrected chi connectivity index (χ4v) is 2.41. The van der Waals surface area contributed by atoms with Crippen molar-refractivity contribution in [2.24, 2.45) is 0 Å². The fraction of sp³-hybridized carbons (Fsp3) is 0.312. The smallest absolute Gasteiger partial charge is 0.414 e. The molecule has 0 saturated heterocycles. The number of anilines is 1. The van der Waals surface area contributed by atoms with Crippen molar-refractivity contribution in [1.82, 2.24) is 0 Å². The van der Waals surface area contributed by atoms with Crippen molar-refractivity contribution < 1.29 is 9.53 Å². The minimum absolute atomic E-state index is 0.00792. The van der Waals surface area contributed by atoms with Crippen molar-refractivity contribution in [3.8, 4) is 0 Å². The Bertz CT molecular complexity index is 519. The summed E-state index contributed by atoms with van der Waals surface area (Å²) in [5.74, 6) is 0. The van der Waals surface area contributed by atoms with Gasteiger partial charge in [0.1, 0.15) is 0 Å². The SMILES string of the molecule is C=CCC1C(C)=Cc2ccccc2N1C(=O)OCC. The van der Waals surface area contributed by atoms with Gasteiger partial charge >= 0.3 is 6.09 Å². The molecule has 3 nitrogen and oxygen atoms in total. The molecule has 1 heterocycles. The predicted octanol–water partition coefficient (Wildman–Crippen LogP) is 4.01. The van der Waals surface area contributed by atoms with Crippen molar-refractivity contribution in [3.05, 3.63) is 48.1 Å². The normalized spacial score (nSPS) is 17.5. The Kier molecular flexibility index (Phi) is 4.05. The second-order valence-electron chi connectivity index (χ2n) is 4.56. The first-order valence-electron chi connectivity index (χ1n) is 6.53. The maximum absolute atomic E-state index is 12.2. The van der Waals surface area contributed by atoms with E-state index in [0.717, 1.165) is 23.2 Å². The molecule has 1 amide bonds. The van der Waals surface area contributed by atoms with Gasteiger partial charge in [0.15, 0.2) is 0 Å². The highest BCUT2D eigenvalue weighted by Crippen LogP contribution is 2.34. The Hall–Kier alpha value is -2.03. The molecule has 1 aromatic rings. The van der Waals surface area contributed by atoms with Gasteiger partial charge in [-0.2, -0.15) is 0 Å². The van der Waals surface area contributed by atoms with Crippen molar-refractivity contribution >= 4 is 17.9 Å². The zero-order chi connectivity index (χ0) is 13.8. The number of amides is 1. The van der Waals surface area contributed by atoms with Gasteiger partial charge in [-0.25, -0.2) is 4.79 Å². The number of rotatable bonds is 3. The van der Waals surface area contributed by atoms with E-state index in [4.69, 9.17) is 4.74 Å². The van der Waals surface area contributed by atoms with Gasteiger partial charge in [-0.15, -0.1) is 6.58 Å². The number of ether oxygens (including phenoxy) is 1. The lowest BCUT2D eigenvalue weighted by atomic mass is 9.94. The third kappa shape index (κ3) is 2.55. The molecule has 0 aliphatic carbocycles. The number of benzene rings is 1. The number of fused-ring (bicyclic) bond motifs is 1. The summed E-state index contributed by atoms with van der Waals surface area (Å²) in [7, 11) is 0. The number of carbonyl (C=O) groups is 1. The van der Waals surface area contributed by atoms with Gasteiger partial charge in [-0.05, 0) is 37.5 Å². The minimum Gasteiger partial charge on any atom is -0.449 e. The Balaban J connectivity index is 2.47. The van der Waals surface area contributed by atoms with Gasteiger partial charge in [0.05, 0.1) is 18.3 Å². The lowest BCUT2D eigenvalue weighted by molar-refractivity contribution is 0.158. The summed E-state index contributed by atoms with van der Waals surface area (Å²) in [6.45, 7) is 8.01. The van der Waals surface area contributed by atoms with Gasteiger partial charge in [0, 0.05) is 0 Å². The van der Waals surface area contributed by atoms with Gasteiger partial charge in [0.2, 0.25) is 0 Å². The zero-order valence-corrected chi connectivity index (χ0v) is 11.4. The van der Waals surface area contributed by atoms with E-state index < -0.39 is 0 Å². The second kappa shape index (κ2) is 5.74. The third-order valence-electron chi connectivity index (χ3n) is 3.27. The topological polar surface area (TPSA) is 29.5 Å². The van der Waals surface area contributed by atoms with E-state index in [0.29, 0.717) is 6.61 Å². The third-order valence-corrected chi connectivity index (χ3v) is 3.27. The van der Waals surface area contributed by atoms with Crippen LogP contribution in [-0.4, -0.2) is 18.7 Å². The lowest BCUT2D eigenvalue weighted by Crippen LogP contribution is -2.43. The molecule has 0 N–H and O–H groups in total. The standard InChI is InChI=1S/C16H19NO2/c1-4-8-14-12(3)11-13-9-6-7-10-15(13)17(14)16(18)19-5-2/h4,6-7,9-11,14H,1,5,8H2,2-3H3. The van der Waals surface area contributed by atoms with Crippen LogP contribution in [0.4, 0.5) is 10.5 Å². The number of hydrogen-bond donors (Lipinski definition) is 0. The van der Waals surface area contributed by atoms with Crippen LogP contribution in [0.1, 0.15) is 25.8 Å². The molecule has 1 aliphatic heterocycles. The van der Waals surface area contributed by atoms with Gasteiger partial charge in [0.25, 0.3) is 0 Å². The molecule has 0 fully saturated rings. The molecule has 0 radical (unpaired) electrons. The van der Waals surface area contributed by atoms with Crippen molar-refractivity contribution in [2.75, 3.05) is 11.5 Å². The summed E-state index contributed by atoms with van der Waals surface area (Å²) >= 11 is 0. The first-order chi connectivity index (χ1) is 9.19. The Morgan fingerprint density at radius 1 is 1.47 bits per heavy atom. The molecule has 0 bridgehead atoms. The predicted molar refractivity (Wildman–Crippen MR) is 78.2 cm³/mol. The number of para-hydroxylation sites is 1. The molecule has 100 valence electrons. The highest BCUT2D eigenvalue weighted by atomic mass is 16.6. The zero-order valence-electron chi connectivity index (χ0n) is 11.4. The van der Waals surface area contributed by atoms with Gasteiger partial charge in [-0.1, -0.05) is 30.4 Å². The van der Waals surface area contributed by atoms with E-state index in [1.165, 1.54) is 0 Å². The van der Waals surface area contributed by atoms with Gasteiger partial charge in [-0.3, -0.25) is 4.90 Å². The summed E-state index contributed by atoms with van der Waals surface area (Å²) in [6.07, 6.45) is 4.38. The summed E-state index contributed by atoms with van der Waals surface area (Å²) in [4.78, 5) is 14.0. The maximum atomic E-state index is 12.2. The van der Waals surface area contributed by atoms with Crippen LogP contribution in [-0.2, 0) is 4.74 Å². The molecule has 2 rings (SSSR count). The van der Waals surface area contributed by atoms with Crippen LogP contribution in [0.25, 0.3) is 6.08 Å². The molecule has 1 aliphatic rings. The lowest BCUT2D eigenvalue weighted by Gasteiger charge is -2.35. The van der Waals surface area contributed by atoms with Crippen LogP contribution in [0.2, 0.25) is 0 Å². The quantitative estimate of drug-likeness (QED) is 0.766. The summed E-state index contributed by atoms with van der Waals surface area (Å²) in [5.41, 5.74) is 3.10. The molecule has 3 heteroatoms. The molecule has 0 aromatic heterocycles.